The minimum Gasteiger partial charge on any atom is -0.388 e. The van der Waals surface area contributed by atoms with Crippen molar-refractivity contribution in [2.45, 2.75) is 5.03 Å². The Balaban J connectivity index is 2.48. The fourth-order valence-corrected chi connectivity index (χ4v) is 2.23. The molecule has 82 valence electrons. The van der Waals surface area contributed by atoms with Gasteiger partial charge in [-0.3, -0.25) is 10.1 Å². The highest BCUT2D eigenvalue weighted by Crippen LogP contribution is 2.32. The molecular weight excluding hydrogens is 246 g/mol. The molecule has 0 aliphatic rings. The van der Waals surface area contributed by atoms with Crippen LogP contribution in [0.25, 0.3) is 10.6 Å². The van der Waals surface area contributed by atoms with E-state index >= 15 is 0 Å². The summed E-state index contributed by atoms with van der Waals surface area (Å²) < 4.78 is 0. The number of nitro benzene ring substituents is 1. The maximum atomic E-state index is 10.6. The molecular formula is C9H7N3O2S2. The van der Waals surface area contributed by atoms with Gasteiger partial charge in [-0.1, -0.05) is 23.5 Å². The molecule has 0 saturated heterocycles. The lowest BCUT2D eigenvalue weighted by Crippen LogP contribution is -1.87. The molecule has 0 bridgehead atoms. The van der Waals surface area contributed by atoms with Crippen molar-refractivity contribution in [2.75, 3.05) is 5.73 Å². The van der Waals surface area contributed by atoms with Crippen molar-refractivity contribution in [1.29, 1.82) is 0 Å². The molecule has 0 radical (unpaired) electrons. The monoisotopic (exact) mass is 253 g/mol. The molecule has 0 unspecified atom stereocenters. The van der Waals surface area contributed by atoms with Gasteiger partial charge in [0.05, 0.1) is 4.92 Å². The minimum absolute atomic E-state index is 0.0342. The Labute approximate surface area is 100 Å². The van der Waals surface area contributed by atoms with Gasteiger partial charge < -0.3 is 5.73 Å². The Kier molecular flexibility index (Phi) is 2.80. The number of anilines is 1. The highest BCUT2D eigenvalue weighted by Gasteiger charge is 2.11. The molecule has 2 aromatic rings. The van der Waals surface area contributed by atoms with Gasteiger partial charge >= 0.3 is 0 Å². The van der Waals surface area contributed by atoms with Crippen molar-refractivity contribution in [1.82, 2.24) is 4.98 Å². The van der Waals surface area contributed by atoms with Crippen molar-refractivity contribution in [3.05, 3.63) is 34.4 Å². The zero-order valence-corrected chi connectivity index (χ0v) is 9.66. The number of nitrogens with two attached hydrogens (primary N) is 1. The van der Waals surface area contributed by atoms with Gasteiger partial charge in [-0.25, -0.2) is 4.98 Å². The molecule has 7 heteroatoms. The van der Waals surface area contributed by atoms with Crippen molar-refractivity contribution < 1.29 is 4.92 Å². The number of nitrogen functional groups attached to an aromatic ring is 1. The van der Waals surface area contributed by atoms with E-state index in [1.807, 2.05) is 0 Å². The smallest absolute Gasteiger partial charge is 0.270 e. The Bertz CT molecular complexity index is 534. The van der Waals surface area contributed by atoms with E-state index in [0.717, 1.165) is 0 Å². The van der Waals surface area contributed by atoms with Crippen LogP contribution in [0.3, 0.4) is 0 Å². The van der Waals surface area contributed by atoms with E-state index in [-0.39, 0.29) is 5.69 Å². The Hall–Kier alpha value is -1.60. The first kappa shape index (κ1) is 10.9. The Morgan fingerprint density at radius 2 is 2.25 bits per heavy atom. The second-order valence-corrected chi connectivity index (χ2v) is 4.47. The quantitative estimate of drug-likeness (QED) is 0.489. The predicted molar refractivity (Wildman–Crippen MR) is 65.9 cm³/mol. The largest absolute Gasteiger partial charge is 0.388 e. The van der Waals surface area contributed by atoms with E-state index in [9.17, 15) is 10.1 Å². The number of hydrogen-bond acceptors (Lipinski definition) is 6. The first-order valence-corrected chi connectivity index (χ1v) is 5.54. The average Bonchev–Trinajstić information content (AvgIpc) is 2.59. The average molecular weight is 253 g/mol. The van der Waals surface area contributed by atoms with Crippen LogP contribution in [0, 0.1) is 10.1 Å². The summed E-state index contributed by atoms with van der Waals surface area (Å²) in [6.07, 6.45) is 0. The summed E-state index contributed by atoms with van der Waals surface area (Å²) in [6, 6.07) is 6.26. The number of thiazole rings is 1. The summed E-state index contributed by atoms with van der Waals surface area (Å²) in [5.74, 6) is 0. The molecule has 0 aliphatic heterocycles. The maximum absolute atomic E-state index is 10.6. The molecule has 0 spiro atoms. The summed E-state index contributed by atoms with van der Waals surface area (Å²) >= 11 is 5.33. The molecule has 2 N–H and O–H groups in total. The second kappa shape index (κ2) is 4.11. The predicted octanol–water partition coefficient (Wildman–Crippen LogP) is 2.59. The molecule has 0 saturated carbocycles. The first-order chi connectivity index (χ1) is 7.58. The topological polar surface area (TPSA) is 82.0 Å². The zero-order valence-electron chi connectivity index (χ0n) is 7.95. The molecule has 0 fully saturated rings. The normalized spacial score (nSPS) is 10.3. The van der Waals surface area contributed by atoms with Gasteiger partial charge in [-0.05, 0) is 0 Å². The van der Waals surface area contributed by atoms with Crippen LogP contribution < -0.4 is 5.73 Å². The number of benzene rings is 1. The summed E-state index contributed by atoms with van der Waals surface area (Å²) in [5, 5.41) is 12.2. The van der Waals surface area contributed by atoms with Crippen LogP contribution in [0.1, 0.15) is 0 Å². The third-order valence-electron chi connectivity index (χ3n) is 1.94. The lowest BCUT2D eigenvalue weighted by molar-refractivity contribution is -0.384. The molecule has 16 heavy (non-hydrogen) atoms. The van der Waals surface area contributed by atoms with E-state index in [2.05, 4.69) is 17.6 Å². The van der Waals surface area contributed by atoms with Crippen LogP contribution >= 0.6 is 24.0 Å². The van der Waals surface area contributed by atoms with Crippen LogP contribution in [0.2, 0.25) is 0 Å². The van der Waals surface area contributed by atoms with E-state index in [1.54, 1.807) is 12.1 Å². The van der Waals surface area contributed by atoms with Gasteiger partial charge in [-0.15, -0.1) is 12.6 Å². The molecule has 2 rings (SSSR count). The second-order valence-electron chi connectivity index (χ2n) is 3.01. The maximum Gasteiger partial charge on any atom is 0.270 e. The summed E-state index contributed by atoms with van der Waals surface area (Å²) in [7, 11) is 0. The van der Waals surface area contributed by atoms with Crippen LogP contribution in [0.5, 0.6) is 0 Å². The fourth-order valence-electron chi connectivity index (χ4n) is 1.20. The number of non-ortho nitro benzene ring substituents is 1. The van der Waals surface area contributed by atoms with E-state index in [1.165, 1.54) is 23.5 Å². The molecule has 1 heterocycles. The van der Waals surface area contributed by atoms with Crippen LogP contribution in [-0.4, -0.2) is 9.91 Å². The van der Waals surface area contributed by atoms with Gasteiger partial charge in [0.25, 0.3) is 5.69 Å². The van der Waals surface area contributed by atoms with E-state index in [0.29, 0.717) is 20.6 Å². The standard InChI is InChI=1S/C9H7N3O2S2/c10-7-8(15)11-9(16-7)5-2-1-3-6(4-5)12(13)14/h1-4,15H,10H2. The molecule has 0 atom stereocenters. The zero-order chi connectivity index (χ0) is 11.7. The van der Waals surface area contributed by atoms with Gasteiger partial charge in [-0.2, -0.15) is 0 Å². The fraction of sp³-hybridized carbons (Fsp3) is 0. The van der Waals surface area contributed by atoms with Crippen molar-refractivity contribution in [2.24, 2.45) is 0 Å². The summed E-state index contributed by atoms with van der Waals surface area (Å²) in [6.45, 7) is 0. The highest BCUT2D eigenvalue weighted by molar-refractivity contribution is 7.80. The SMILES string of the molecule is Nc1sc(-c2cccc([N+](=O)[O-])c2)nc1S. The van der Waals surface area contributed by atoms with Gasteiger partial charge in [0.1, 0.15) is 15.0 Å². The third kappa shape index (κ3) is 2.00. The summed E-state index contributed by atoms with van der Waals surface area (Å²) in [4.78, 5) is 14.3. The lowest BCUT2D eigenvalue weighted by atomic mass is 10.2. The third-order valence-corrected chi connectivity index (χ3v) is 3.36. The Morgan fingerprint density at radius 3 is 2.81 bits per heavy atom. The minimum atomic E-state index is -0.442. The van der Waals surface area contributed by atoms with Crippen molar-refractivity contribution in [3.8, 4) is 10.6 Å². The molecule has 5 nitrogen and oxygen atoms in total. The summed E-state index contributed by atoms with van der Waals surface area (Å²) in [5.41, 5.74) is 6.33. The number of thiol groups is 1. The van der Waals surface area contributed by atoms with Gasteiger partial charge in [0.15, 0.2) is 0 Å². The van der Waals surface area contributed by atoms with Gasteiger partial charge in [0.2, 0.25) is 0 Å². The lowest BCUT2D eigenvalue weighted by Gasteiger charge is -1.95. The van der Waals surface area contributed by atoms with E-state index in [4.69, 9.17) is 5.73 Å². The van der Waals surface area contributed by atoms with Gasteiger partial charge in [0, 0.05) is 17.7 Å². The molecule has 1 aromatic heterocycles. The molecule has 1 aromatic carbocycles. The number of hydrogen-bond donors (Lipinski definition) is 2. The van der Waals surface area contributed by atoms with Crippen molar-refractivity contribution >= 4 is 34.7 Å². The molecule has 0 amide bonds. The van der Waals surface area contributed by atoms with Crippen molar-refractivity contribution in [3.63, 3.8) is 0 Å². The van der Waals surface area contributed by atoms with Crippen LogP contribution in [0.15, 0.2) is 29.3 Å². The number of nitro groups is 1. The van der Waals surface area contributed by atoms with Crippen LogP contribution in [-0.2, 0) is 0 Å². The van der Waals surface area contributed by atoms with E-state index < -0.39 is 4.92 Å². The number of aromatic nitrogens is 1. The first-order valence-electron chi connectivity index (χ1n) is 4.28. The van der Waals surface area contributed by atoms with Crippen LogP contribution in [0.4, 0.5) is 10.7 Å². The number of nitrogens with zero attached hydrogens (tertiary/aromatic N) is 2. The number of rotatable bonds is 2. The Morgan fingerprint density at radius 1 is 1.50 bits per heavy atom. The molecule has 0 aliphatic carbocycles. The highest BCUT2D eigenvalue weighted by atomic mass is 32.1.